The summed E-state index contributed by atoms with van der Waals surface area (Å²) in [5.74, 6) is 0.883. The molecule has 0 saturated carbocycles. The molecule has 2 aromatic rings. The van der Waals surface area contributed by atoms with E-state index in [1.807, 2.05) is 42.5 Å². The van der Waals surface area contributed by atoms with Gasteiger partial charge in [0.25, 0.3) is 0 Å². The minimum Gasteiger partial charge on any atom is -0.487 e. The molecule has 0 saturated heterocycles. The molecule has 4 heteroatoms. The second-order valence-corrected chi connectivity index (χ2v) is 5.79. The third kappa shape index (κ3) is 5.09. The molecule has 0 atom stereocenters. The lowest BCUT2D eigenvalue weighted by atomic mass is 10.3. The van der Waals surface area contributed by atoms with Gasteiger partial charge in [-0.2, -0.15) is 0 Å². The molecular formula is C16H19IN2O. The van der Waals surface area contributed by atoms with E-state index in [4.69, 9.17) is 4.74 Å². The van der Waals surface area contributed by atoms with E-state index < -0.39 is 0 Å². The number of nitrogens with zero attached hydrogens (tertiary/aromatic N) is 1. The van der Waals surface area contributed by atoms with Gasteiger partial charge in [-0.1, -0.05) is 19.1 Å². The van der Waals surface area contributed by atoms with Crippen LogP contribution in [0.5, 0.6) is 5.75 Å². The van der Waals surface area contributed by atoms with Crippen LogP contribution >= 0.6 is 22.6 Å². The highest BCUT2D eigenvalue weighted by Gasteiger charge is 2.00. The summed E-state index contributed by atoms with van der Waals surface area (Å²) in [5.41, 5.74) is 2.02. The van der Waals surface area contributed by atoms with Gasteiger partial charge in [0.15, 0.2) is 0 Å². The van der Waals surface area contributed by atoms with Crippen molar-refractivity contribution >= 4 is 22.6 Å². The maximum Gasteiger partial charge on any atom is 0.130 e. The third-order valence-corrected chi connectivity index (χ3v) is 3.45. The van der Waals surface area contributed by atoms with Crippen LogP contribution in [0.4, 0.5) is 0 Å². The number of nitrogens with one attached hydrogen (secondary N) is 1. The normalized spacial score (nSPS) is 10.5. The molecular weight excluding hydrogens is 363 g/mol. The first-order valence-corrected chi connectivity index (χ1v) is 7.89. The van der Waals surface area contributed by atoms with Gasteiger partial charge in [-0.05, 0) is 65.9 Å². The average Bonchev–Trinajstić information content (AvgIpc) is 2.46. The highest BCUT2D eigenvalue weighted by atomic mass is 127. The Kier molecular flexibility index (Phi) is 6.26. The molecule has 106 valence electrons. The van der Waals surface area contributed by atoms with Crippen LogP contribution < -0.4 is 10.1 Å². The molecule has 0 aliphatic carbocycles. The smallest absolute Gasteiger partial charge is 0.130 e. The zero-order chi connectivity index (χ0) is 14.2. The number of benzene rings is 1. The lowest BCUT2D eigenvalue weighted by molar-refractivity contribution is 0.300. The van der Waals surface area contributed by atoms with Crippen molar-refractivity contribution in [1.82, 2.24) is 10.3 Å². The van der Waals surface area contributed by atoms with Crippen molar-refractivity contribution in [2.75, 3.05) is 6.54 Å². The summed E-state index contributed by atoms with van der Waals surface area (Å²) in [6, 6.07) is 14.1. The molecule has 1 aromatic carbocycles. The van der Waals surface area contributed by atoms with E-state index in [0.29, 0.717) is 6.61 Å². The van der Waals surface area contributed by atoms with E-state index in [2.05, 4.69) is 39.8 Å². The predicted octanol–water partition coefficient (Wildman–Crippen LogP) is 3.76. The van der Waals surface area contributed by atoms with Crippen LogP contribution in [0.25, 0.3) is 0 Å². The minimum atomic E-state index is 0.502. The number of hydrogen-bond acceptors (Lipinski definition) is 3. The van der Waals surface area contributed by atoms with Gasteiger partial charge in [-0.15, -0.1) is 0 Å². The largest absolute Gasteiger partial charge is 0.487 e. The van der Waals surface area contributed by atoms with E-state index in [9.17, 15) is 0 Å². The molecule has 20 heavy (non-hydrogen) atoms. The fourth-order valence-electron chi connectivity index (χ4n) is 1.82. The van der Waals surface area contributed by atoms with Crippen molar-refractivity contribution in [2.24, 2.45) is 0 Å². The van der Waals surface area contributed by atoms with E-state index in [1.165, 1.54) is 3.57 Å². The highest BCUT2D eigenvalue weighted by molar-refractivity contribution is 14.1. The van der Waals surface area contributed by atoms with Crippen LogP contribution in [-0.2, 0) is 13.2 Å². The molecule has 0 aliphatic heterocycles. The lowest BCUT2D eigenvalue weighted by Crippen LogP contribution is -2.15. The van der Waals surface area contributed by atoms with Crippen molar-refractivity contribution in [2.45, 2.75) is 26.5 Å². The van der Waals surface area contributed by atoms with Crippen LogP contribution in [-0.4, -0.2) is 11.5 Å². The Morgan fingerprint density at radius 1 is 1.15 bits per heavy atom. The third-order valence-electron chi connectivity index (χ3n) is 2.78. The molecule has 2 rings (SSSR count). The zero-order valence-corrected chi connectivity index (χ0v) is 13.8. The fraction of sp³-hybridized carbons (Fsp3) is 0.312. The van der Waals surface area contributed by atoms with Gasteiger partial charge >= 0.3 is 0 Å². The van der Waals surface area contributed by atoms with Gasteiger partial charge in [0.1, 0.15) is 12.4 Å². The summed E-state index contributed by atoms with van der Waals surface area (Å²) in [6.45, 7) is 4.49. The van der Waals surface area contributed by atoms with Crippen molar-refractivity contribution in [3.05, 3.63) is 57.4 Å². The fourth-order valence-corrected chi connectivity index (χ4v) is 2.33. The molecule has 1 N–H and O–H groups in total. The monoisotopic (exact) mass is 382 g/mol. The summed E-state index contributed by atoms with van der Waals surface area (Å²) in [5, 5.41) is 3.36. The molecule has 0 fully saturated rings. The summed E-state index contributed by atoms with van der Waals surface area (Å²) in [6.07, 6.45) is 1.13. The standard InChI is InChI=1S/C16H19IN2O/c1-2-9-18-11-14-6-4-7-15(19-14)12-20-16-8-3-5-13(17)10-16/h3-8,10,18H,2,9,11-12H2,1H3. The second-order valence-electron chi connectivity index (χ2n) is 4.54. The van der Waals surface area contributed by atoms with Gasteiger partial charge in [-0.3, -0.25) is 4.98 Å². The molecule has 0 aliphatic rings. The molecule has 1 heterocycles. The van der Waals surface area contributed by atoms with Crippen molar-refractivity contribution in [3.8, 4) is 5.75 Å². The zero-order valence-electron chi connectivity index (χ0n) is 11.6. The SMILES string of the molecule is CCCNCc1cccc(COc2cccc(I)c2)n1. The summed E-state index contributed by atoms with van der Waals surface area (Å²) < 4.78 is 6.94. The van der Waals surface area contributed by atoms with Gasteiger partial charge in [0.05, 0.1) is 11.4 Å². The number of pyridine rings is 1. The topological polar surface area (TPSA) is 34.1 Å². The maximum atomic E-state index is 5.77. The number of halogens is 1. The number of aromatic nitrogens is 1. The summed E-state index contributed by atoms with van der Waals surface area (Å²) >= 11 is 2.28. The molecule has 0 unspecified atom stereocenters. The summed E-state index contributed by atoms with van der Waals surface area (Å²) in [4.78, 5) is 4.59. The quantitative estimate of drug-likeness (QED) is 0.585. The minimum absolute atomic E-state index is 0.502. The van der Waals surface area contributed by atoms with Crippen LogP contribution in [0.2, 0.25) is 0 Å². The van der Waals surface area contributed by atoms with Crippen molar-refractivity contribution < 1.29 is 4.74 Å². The van der Waals surface area contributed by atoms with Crippen LogP contribution in [0.1, 0.15) is 24.7 Å². The molecule has 3 nitrogen and oxygen atoms in total. The van der Waals surface area contributed by atoms with Crippen LogP contribution in [0.15, 0.2) is 42.5 Å². The van der Waals surface area contributed by atoms with E-state index in [-0.39, 0.29) is 0 Å². The Labute approximate surface area is 133 Å². The Bertz CT molecular complexity index is 546. The van der Waals surface area contributed by atoms with Crippen molar-refractivity contribution in [3.63, 3.8) is 0 Å². The molecule has 0 spiro atoms. The van der Waals surface area contributed by atoms with Gasteiger partial charge in [-0.25, -0.2) is 0 Å². The maximum absolute atomic E-state index is 5.77. The summed E-state index contributed by atoms with van der Waals surface area (Å²) in [7, 11) is 0. The second kappa shape index (κ2) is 8.21. The van der Waals surface area contributed by atoms with Crippen LogP contribution in [0, 0.1) is 3.57 Å². The van der Waals surface area contributed by atoms with E-state index in [1.54, 1.807) is 0 Å². The van der Waals surface area contributed by atoms with E-state index >= 15 is 0 Å². The number of ether oxygens (including phenoxy) is 1. The number of hydrogen-bond donors (Lipinski definition) is 1. The number of rotatable bonds is 7. The highest BCUT2D eigenvalue weighted by Crippen LogP contribution is 2.16. The first-order chi connectivity index (χ1) is 9.78. The first-order valence-electron chi connectivity index (χ1n) is 6.82. The molecule has 1 aromatic heterocycles. The average molecular weight is 382 g/mol. The molecule has 0 radical (unpaired) electrons. The molecule has 0 amide bonds. The first kappa shape index (κ1) is 15.3. The van der Waals surface area contributed by atoms with Crippen molar-refractivity contribution in [1.29, 1.82) is 0 Å². The predicted molar refractivity (Wildman–Crippen MR) is 89.7 cm³/mol. The Hall–Kier alpha value is -1.14. The Morgan fingerprint density at radius 2 is 1.95 bits per heavy atom. The van der Waals surface area contributed by atoms with Crippen LogP contribution in [0.3, 0.4) is 0 Å². The van der Waals surface area contributed by atoms with Gasteiger partial charge in [0, 0.05) is 10.1 Å². The Morgan fingerprint density at radius 3 is 2.75 bits per heavy atom. The van der Waals surface area contributed by atoms with E-state index in [0.717, 1.165) is 36.6 Å². The lowest BCUT2D eigenvalue weighted by Gasteiger charge is -2.08. The van der Waals surface area contributed by atoms with Gasteiger partial charge in [0.2, 0.25) is 0 Å². The Balaban J connectivity index is 1.91. The molecule has 0 bridgehead atoms. The van der Waals surface area contributed by atoms with Gasteiger partial charge < -0.3 is 10.1 Å².